The second-order valence-corrected chi connectivity index (χ2v) is 13.6. The molecule has 2 fully saturated rings. The Morgan fingerprint density at radius 3 is 2.69 bits per heavy atom. The molecule has 0 N–H and O–H groups in total. The number of hydrogen-bond acceptors (Lipinski definition) is 8. The molecule has 224 valence electrons. The minimum absolute atomic E-state index is 0.108. The van der Waals surface area contributed by atoms with Gasteiger partial charge in [0.05, 0.1) is 24.2 Å². The van der Waals surface area contributed by atoms with Crippen LogP contribution in [0, 0.1) is 11.3 Å². The van der Waals surface area contributed by atoms with Gasteiger partial charge in [-0.1, -0.05) is 24.3 Å². The molecule has 2 saturated heterocycles. The number of hydrogen-bond donors (Lipinski definition) is 0. The lowest BCUT2D eigenvalue weighted by atomic mass is 9.69. The summed E-state index contributed by atoms with van der Waals surface area (Å²) in [6.07, 6.45) is 7.30. The van der Waals surface area contributed by atoms with E-state index in [0.717, 1.165) is 56.6 Å². The van der Waals surface area contributed by atoms with Crippen molar-refractivity contribution in [2.45, 2.75) is 95.2 Å². The van der Waals surface area contributed by atoms with Gasteiger partial charge in [0.2, 0.25) is 0 Å². The molecule has 9 nitrogen and oxygen atoms in total. The van der Waals surface area contributed by atoms with Gasteiger partial charge in [-0.15, -0.1) is 0 Å². The largest absolute Gasteiger partial charge is 0.462 e. The van der Waals surface area contributed by atoms with Crippen LogP contribution < -0.4 is 9.64 Å². The van der Waals surface area contributed by atoms with E-state index in [-0.39, 0.29) is 24.0 Å². The topological polar surface area (TPSA) is 94.8 Å². The molecule has 42 heavy (non-hydrogen) atoms. The first kappa shape index (κ1) is 28.7. The average Bonchev–Trinajstić information content (AvgIpc) is 3.53. The van der Waals surface area contributed by atoms with Gasteiger partial charge in [0, 0.05) is 36.7 Å². The molecule has 1 aromatic heterocycles. The van der Waals surface area contributed by atoms with E-state index in [1.54, 1.807) is 4.90 Å². The maximum atomic E-state index is 13.0. The highest BCUT2D eigenvalue weighted by Gasteiger charge is 2.43. The summed E-state index contributed by atoms with van der Waals surface area (Å²) in [7, 11) is 2.15. The van der Waals surface area contributed by atoms with Crippen LogP contribution in [0.3, 0.4) is 0 Å². The Kier molecular flexibility index (Phi) is 7.77. The highest BCUT2D eigenvalue weighted by Crippen LogP contribution is 2.48. The number of carbonyl (C=O) groups is 1. The van der Waals surface area contributed by atoms with E-state index in [4.69, 9.17) is 19.4 Å². The van der Waals surface area contributed by atoms with E-state index in [1.807, 2.05) is 20.8 Å². The molecule has 3 unspecified atom stereocenters. The van der Waals surface area contributed by atoms with Gasteiger partial charge < -0.3 is 24.2 Å². The van der Waals surface area contributed by atoms with E-state index in [9.17, 15) is 10.1 Å². The van der Waals surface area contributed by atoms with Crippen molar-refractivity contribution in [3.63, 3.8) is 0 Å². The van der Waals surface area contributed by atoms with Crippen LogP contribution in [0.2, 0.25) is 0 Å². The molecule has 2 aliphatic heterocycles. The first-order chi connectivity index (χ1) is 20.2. The quantitative estimate of drug-likeness (QED) is 0.511. The number of nitrogens with zero attached hydrogens (tertiary/aromatic N) is 6. The minimum atomic E-state index is -0.592. The number of fused-ring (bicyclic) bond motifs is 3. The molecule has 6 rings (SSSR count). The van der Waals surface area contributed by atoms with Crippen LogP contribution in [-0.2, 0) is 29.4 Å². The third-order valence-corrected chi connectivity index (χ3v) is 9.68. The number of benzene rings is 1. The molecule has 2 aliphatic carbocycles. The van der Waals surface area contributed by atoms with Gasteiger partial charge >= 0.3 is 12.1 Å². The van der Waals surface area contributed by atoms with Gasteiger partial charge in [-0.3, -0.25) is 0 Å². The van der Waals surface area contributed by atoms with Crippen molar-refractivity contribution >= 4 is 11.9 Å². The van der Waals surface area contributed by atoms with Crippen LogP contribution in [0.5, 0.6) is 6.01 Å². The minimum Gasteiger partial charge on any atom is -0.462 e. The van der Waals surface area contributed by atoms with Crippen molar-refractivity contribution in [3.05, 3.63) is 46.6 Å². The van der Waals surface area contributed by atoms with Crippen LogP contribution in [0.15, 0.2) is 24.3 Å². The van der Waals surface area contributed by atoms with Crippen LogP contribution in [0.4, 0.5) is 10.6 Å². The summed E-state index contributed by atoms with van der Waals surface area (Å²) in [5.74, 6) is 0.905. The molecule has 3 heterocycles. The summed E-state index contributed by atoms with van der Waals surface area (Å²) in [6.45, 7) is 8.88. The molecule has 4 aliphatic rings. The summed E-state index contributed by atoms with van der Waals surface area (Å²) < 4.78 is 12.0. The summed E-state index contributed by atoms with van der Waals surface area (Å²) in [5.41, 5.74) is 4.74. The zero-order valence-corrected chi connectivity index (χ0v) is 25.6. The molecule has 2 aromatic rings. The smallest absolute Gasteiger partial charge is 0.410 e. The number of aromatic nitrogens is 2. The summed E-state index contributed by atoms with van der Waals surface area (Å²) in [4.78, 5) is 29.5. The third-order valence-electron chi connectivity index (χ3n) is 9.68. The molecule has 0 radical (unpaired) electrons. The fourth-order valence-electron chi connectivity index (χ4n) is 7.45. The van der Waals surface area contributed by atoms with E-state index in [2.05, 4.69) is 47.2 Å². The molecular formula is C33H44N6O3. The lowest BCUT2D eigenvalue weighted by Crippen LogP contribution is -2.56. The number of nitriles is 1. The van der Waals surface area contributed by atoms with Crippen LogP contribution in [-0.4, -0.2) is 83.4 Å². The molecule has 1 spiro atoms. The van der Waals surface area contributed by atoms with Crippen LogP contribution in [0.1, 0.15) is 75.3 Å². The molecule has 1 amide bonds. The normalized spacial score (nSPS) is 25.7. The number of amides is 1. The Morgan fingerprint density at radius 2 is 1.93 bits per heavy atom. The maximum absolute atomic E-state index is 13.0. The Hall–Kier alpha value is -3.38. The first-order valence-electron chi connectivity index (χ1n) is 15.6. The monoisotopic (exact) mass is 572 g/mol. The van der Waals surface area contributed by atoms with Crippen LogP contribution >= 0.6 is 0 Å². The fraction of sp³-hybridized carbons (Fsp3) is 0.636. The maximum Gasteiger partial charge on any atom is 0.410 e. The van der Waals surface area contributed by atoms with Gasteiger partial charge in [-0.05, 0) is 90.4 Å². The summed E-state index contributed by atoms with van der Waals surface area (Å²) >= 11 is 0. The van der Waals surface area contributed by atoms with E-state index < -0.39 is 5.60 Å². The van der Waals surface area contributed by atoms with Crippen molar-refractivity contribution in [1.29, 1.82) is 5.26 Å². The molecule has 0 saturated carbocycles. The number of likely N-dealkylation sites (N-methyl/N-ethyl adjacent to an activating group) is 1. The van der Waals surface area contributed by atoms with Gasteiger partial charge in [0.25, 0.3) is 0 Å². The highest BCUT2D eigenvalue weighted by molar-refractivity contribution is 5.69. The lowest BCUT2D eigenvalue weighted by Gasteiger charge is -2.43. The van der Waals surface area contributed by atoms with Gasteiger partial charge in [-0.2, -0.15) is 15.2 Å². The second-order valence-electron chi connectivity index (χ2n) is 13.6. The molecule has 3 atom stereocenters. The van der Waals surface area contributed by atoms with Gasteiger partial charge in [-0.25, -0.2) is 4.79 Å². The first-order valence-corrected chi connectivity index (χ1v) is 15.6. The number of rotatable bonds is 5. The predicted octanol–water partition coefficient (Wildman–Crippen LogP) is 4.66. The summed E-state index contributed by atoms with van der Waals surface area (Å²) in [5, 5.41) is 9.64. The molecule has 0 bridgehead atoms. The number of ether oxygens (including phenoxy) is 2. The Bertz CT molecular complexity index is 1370. The third kappa shape index (κ3) is 5.66. The number of anilines is 1. The zero-order chi connectivity index (χ0) is 29.5. The fourth-order valence-corrected chi connectivity index (χ4v) is 7.45. The van der Waals surface area contributed by atoms with Crippen molar-refractivity contribution < 1.29 is 14.3 Å². The average molecular weight is 573 g/mol. The van der Waals surface area contributed by atoms with Gasteiger partial charge in [0.15, 0.2) is 0 Å². The number of aryl methyl sites for hydroxylation is 1. The second kappa shape index (κ2) is 11.4. The predicted molar refractivity (Wildman–Crippen MR) is 161 cm³/mol. The summed E-state index contributed by atoms with van der Waals surface area (Å²) in [6, 6.07) is 11.7. The van der Waals surface area contributed by atoms with Gasteiger partial charge in [0.1, 0.15) is 18.0 Å². The SMILES string of the molecule is CN1CCCC1COc1nc2c(c(N3CCN(C(=O)OC(C)(C)C)C(CC#N)C3)n1)CCC1(CCc3ccccc31)C2. The zero-order valence-electron chi connectivity index (χ0n) is 25.6. The van der Waals surface area contributed by atoms with Crippen molar-refractivity contribution in [1.82, 2.24) is 19.8 Å². The van der Waals surface area contributed by atoms with E-state index >= 15 is 0 Å². The number of piperazine rings is 1. The molecule has 9 heteroatoms. The molecule has 1 aromatic carbocycles. The number of carbonyl (C=O) groups excluding carboxylic acids is 1. The van der Waals surface area contributed by atoms with Crippen LogP contribution in [0.25, 0.3) is 0 Å². The van der Waals surface area contributed by atoms with E-state index in [1.165, 1.54) is 23.1 Å². The standard InChI is InChI=1S/C33H44N6O3/c1-32(2,3)42-31(40)39-19-18-38(21-24(39)13-16-34)29-26-12-15-33(14-11-23-8-5-6-10-27(23)33)20-28(26)35-30(36-29)41-22-25-9-7-17-37(25)4/h5-6,8,10,24-25H,7,9,11-15,17-22H2,1-4H3. The van der Waals surface area contributed by atoms with Crippen molar-refractivity contribution in [2.75, 3.05) is 44.7 Å². The number of likely N-dealkylation sites (tertiary alicyclic amines) is 1. The van der Waals surface area contributed by atoms with E-state index in [0.29, 0.717) is 38.3 Å². The Balaban J connectivity index is 1.30. The lowest BCUT2D eigenvalue weighted by molar-refractivity contribution is 0.0144. The van der Waals surface area contributed by atoms with Crippen molar-refractivity contribution in [2.24, 2.45) is 0 Å². The Labute approximate surface area is 249 Å². The highest BCUT2D eigenvalue weighted by atomic mass is 16.6. The molecular weight excluding hydrogens is 528 g/mol. The van der Waals surface area contributed by atoms with Crippen molar-refractivity contribution in [3.8, 4) is 12.1 Å². The Morgan fingerprint density at radius 1 is 1.12 bits per heavy atom.